The normalized spacial score (nSPS) is 11.4. The van der Waals surface area contributed by atoms with Crippen LogP contribution in [0.5, 0.6) is 5.75 Å². The molecule has 0 aliphatic rings. The number of halogens is 2. The van der Waals surface area contributed by atoms with Gasteiger partial charge in [0.15, 0.2) is 0 Å². The van der Waals surface area contributed by atoms with Gasteiger partial charge in [-0.2, -0.15) is 0 Å². The number of ether oxygens (including phenoxy) is 1. The second-order valence-corrected chi connectivity index (χ2v) is 9.81. The summed E-state index contributed by atoms with van der Waals surface area (Å²) in [5.41, 5.74) is 2.09. The van der Waals surface area contributed by atoms with Crippen molar-refractivity contribution in [3.63, 3.8) is 0 Å². The zero-order valence-electron chi connectivity index (χ0n) is 10.4. The van der Waals surface area contributed by atoms with Crippen LogP contribution in [-0.2, 0) is 13.5 Å². The van der Waals surface area contributed by atoms with Crippen LogP contribution in [-0.4, -0.2) is 24.8 Å². The van der Waals surface area contributed by atoms with Gasteiger partial charge in [0.1, 0.15) is 0 Å². The summed E-state index contributed by atoms with van der Waals surface area (Å²) in [5, 5.41) is 0. The summed E-state index contributed by atoms with van der Waals surface area (Å²) in [4.78, 5) is 2.04. The predicted molar refractivity (Wildman–Crippen MR) is 73.4 cm³/mol. The van der Waals surface area contributed by atoms with Crippen molar-refractivity contribution in [2.24, 2.45) is 0 Å². The summed E-state index contributed by atoms with van der Waals surface area (Å²) in [7, 11) is 15.9. The molecule has 2 nitrogen and oxygen atoms in total. The summed E-state index contributed by atoms with van der Waals surface area (Å²) >= 11 is -1.84. The van der Waals surface area contributed by atoms with Crippen molar-refractivity contribution in [2.75, 3.05) is 19.0 Å². The number of rotatable bonds is 4. The number of benzene rings is 1. The first-order valence-corrected chi connectivity index (χ1v) is 10.7. The average Bonchev–Trinajstić information content (AvgIpc) is 2.18. The predicted octanol–water partition coefficient (Wildman–Crippen LogP) is 3.62. The van der Waals surface area contributed by atoms with Crippen molar-refractivity contribution in [3.8, 4) is 5.75 Å². The molecule has 0 amide bonds. The Bertz CT molecular complexity index is 415. The molecule has 0 bridgehead atoms. The SMILES string of the molecule is CC(C)Oc1ccc(N(C)C)cc1[CH]=[Ru]([Cl])[Cl]. The monoisotopic (exact) mass is 363 g/mol. The topological polar surface area (TPSA) is 12.5 Å². The molecule has 0 fully saturated rings. The Hall–Kier alpha value is -0.107. The molecule has 0 radical (unpaired) electrons. The maximum absolute atomic E-state index is 5.94. The van der Waals surface area contributed by atoms with Gasteiger partial charge in [-0.15, -0.1) is 0 Å². The molecule has 0 heterocycles. The van der Waals surface area contributed by atoms with E-state index in [1.165, 1.54) is 0 Å². The molecule has 0 unspecified atom stereocenters. The summed E-state index contributed by atoms with van der Waals surface area (Å²) < 4.78 is 7.65. The zero-order chi connectivity index (χ0) is 13.0. The molecule has 0 aliphatic carbocycles. The zero-order valence-corrected chi connectivity index (χ0v) is 13.6. The fourth-order valence-electron chi connectivity index (χ4n) is 1.34. The minimum atomic E-state index is -1.84. The van der Waals surface area contributed by atoms with Crippen LogP contribution in [0, 0.1) is 0 Å². The number of nitrogens with zero attached hydrogens (tertiary/aromatic N) is 1. The maximum atomic E-state index is 5.94. The van der Waals surface area contributed by atoms with Gasteiger partial charge >= 0.3 is 116 Å². The van der Waals surface area contributed by atoms with E-state index in [1.807, 2.05) is 55.7 Å². The third-order valence-corrected chi connectivity index (χ3v) is 3.89. The van der Waals surface area contributed by atoms with Crippen molar-refractivity contribution in [1.29, 1.82) is 0 Å². The molecule has 1 aromatic carbocycles. The Morgan fingerprint density at radius 2 is 1.94 bits per heavy atom. The molecular formula is C12H17Cl2NORu. The van der Waals surface area contributed by atoms with E-state index in [9.17, 15) is 0 Å². The van der Waals surface area contributed by atoms with Crippen molar-refractivity contribution in [1.82, 2.24) is 0 Å². The van der Waals surface area contributed by atoms with Gasteiger partial charge in [-0.3, -0.25) is 0 Å². The second kappa shape index (κ2) is 6.73. The van der Waals surface area contributed by atoms with Crippen LogP contribution in [0.4, 0.5) is 5.69 Å². The molecular weight excluding hydrogens is 346 g/mol. The molecule has 0 N–H and O–H groups in total. The fraction of sp³-hybridized carbons (Fsp3) is 0.417. The van der Waals surface area contributed by atoms with Crippen LogP contribution >= 0.6 is 19.4 Å². The molecule has 5 heteroatoms. The van der Waals surface area contributed by atoms with Gasteiger partial charge in [-0.25, -0.2) is 0 Å². The first-order valence-electron chi connectivity index (χ1n) is 5.21. The van der Waals surface area contributed by atoms with Crippen LogP contribution in [0.1, 0.15) is 19.4 Å². The van der Waals surface area contributed by atoms with Crippen LogP contribution in [0.15, 0.2) is 18.2 Å². The van der Waals surface area contributed by atoms with Gasteiger partial charge in [-0.1, -0.05) is 0 Å². The first kappa shape index (κ1) is 15.0. The molecule has 0 saturated heterocycles. The van der Waals surface area contributed by atoms with Crippen molar-refractivity contribution in [3.05, 3.63) is 23.8 Å². The van der Waals surface area contributed by atoms with E-state index in [2.05, 4.69) is 0 Å². The third kappa shape index (κ3) is 4.95. The Morgan fingerprint density at radius 3 is 2.41 bits per heavy atom. The summed E-state index contributed by atoms with van der Waals surface area (Å²) in [6.45, 7) is 4.00. The number of hydrogen-bond acceptors (Lipinski definition) is 2. The second-order valence-electron chi connectivity index (χ2n) is 4.09. The summed E-state index contributed by atoms with van der Waals surface area (Å²) in [5.74, 6) is 0.839. The number of anilines is 1. The molecule has 98 valence electrons. The van der Waals surface area contributed by atoms with E-state index in [4.69, 9.17) is 24.1 Å². The van der Waals surface area contributed by atoms with E-state index >= 15 is 0 Å². The Morgan fingerprint density at radius 1 is 1.29 bits per heavy atom. The Labute approximate surface area is 116 Å². The Balaban J connectivity index is 3.17. The van der Waals surface area contributed by atoms with Gasteiger partial charge in [0.05, 0.1) is 0 Å². The molecule has 1 rings (SSSR count). The van der Waals surface area contributed by atoms with E-state index in [-0.39, 0.29) is 6.10 Å². The number of hydrogen-bond donors (Lipinski definition) is 0. The van der Waals surface area contributed by atoms with Gasteiger partial charge in [0, 0.05) is 0 Å². The molecule has 1 aromatic rings. The van der Waals surface area contributed by atoms with E-state index in [0.29, 0.717) is 0 Å². The van der Waals surface area contributed by atoms with Crippen LogP contribution in [0.3, 0.4) is 0 Å². The van der Waals surface area contributed by atoms with E-state index in [1.54, 1.807) is 0 Å². The molecule has 0 aromatic heterocycles. The molecule has 0 spiro atoms. The fourth-order valence-corrected chi connectivity index (χ4v) is 3.12. The van der Waals surface area contributed by atoms with Crippen molar-refractivity contribution in [2.45, 2.75) is 20.0 Å². The van der Waals surface area contributed by atoms with Crippen molar-refractivity contribution >= 4 is 29.7 Å². The van der Waals surface area contributed by atoms with Gasteiger partial charge in [-0.05, 0) is 0 Å². The molecule has 0 aliphatic heterocycles. The quantitative estimate of drug-likeness (QED) is 0.758. The standard InChI is InChI=1S/C12H17NO.2ClH.Ru/c1-9(2)14-12-7-6-11(13(4)5)8-10(12)3;;;/h3,6-9H,1-2,4-5H3;2*1H;/q;;;+2/p-2. The average molecular weight is 363 g/mol. The van der Waals surface area contributed by atoms with Crippen molar-refractivity contribution < 1.29 is 18.3 Å². The minimum absolute atomic E-state index is 0.138. The van der Waals surface area contributed by atoms with E-state index < -0.39 is 13.5 Å². The third-order valence-electron chi connectivity index (χ3n) is 2.06. The molecule has 0 atom stereocenters. The van der Waals surface area contributed by atoms with Gasteiger partial charge in [0.25, 0.3) is 0 Å². The summed E-state index contributed by atoms with van der Waals surface area (Å²) in [6, 6.07) is 6.03. The van der Waals surface area contributed by atoms with Gasteiger partial charge < -0.3 is 0 Å². The molecule has 0 saturated carbocycles. The van der Waals surface area contributed by atoms with Crippen LogP contribution in [0.25, 0.3) is 0 Å². The van der Waals surface area contributed by atoms with Crippen LogP contribution < -0.4 is 9.64 Å². The molecule has 17 heavy (non-hydrogen) atoms. The van der Waals surface area contributed by atoms with E-state index in [0.717, 1.165) is 17.0 Å². The van der Waals surface area contributed by atoms with Crippen LogP contribution in [0.2, 0.25) is 0 Å². The Kier molecular flexibility index (Phi) is 5.92. The van der Waals surface area contributed by atoms with Gasteiger partial charge in [0.2, 0.25) is 0 Å². The summed E-state index contributed by atoms with van der Waals surface area (Å²) in [6.07, 6.45) is 0.138. The first-order chi connectivity index (χ1) is 7.90.